The summed E-state index contributed by atoms with van der Waals surface area (Å²) in [5, 5.41) is 11.7. The maximum Gasteiger partial charge on any atom is 0.288 e. The predicted molar refractivity (Wildman–Crippen MR) is 85.4 cm³/mol. The minimum atomic E-state index is -0.425. The Labute approximate surface area is 127 Å². The Bertz CT molecular complexity index is 837. The normalized spacial score (nSPS) is 11.0. The van der Waals surface area contributed by atoms with E-state index in [0.717, 1.165) is 34.4 Å². The molecule has 0 aliphatic carbocycles. The number of nitrogens with zero attached hydrogens (tertiary/aromatic N) is 3. The van der Waals surface area contributed by atoms with Crippen LogP contribution in [0.3, 0.4) is 0 Å². The third-order valence-corrected chi connectivity index (χ3v) is 3.73. The zero-order valence-electron chi connectivity index (χ0n) is 12.2. The highest BCUT2D eigenvalue weighted by Gasteiger charge is 2.14. The molecule has 3 rings (SSSR count). The summed E-state index contributed by atoms with van der Waals surface area (Å²) in [5.41, 5.74) is 9.49. The van der Waals surface area contributed by atoms with Gasteiger partial charge >= 0.3 is 0 Å². The molecule has 0 saturated heterocycles. The van der Waals surface area contributed by atoms with E-state index in [-0.39, 0.29) is 5.69 Å². The van der Waals surface area contributed by atoms with Crippen molar-refractivity contribution in [2.45, 2.75) is 20.0 Å². The lowest BCUT2D eigenvalue weighted by atomic mass is 10.1. The van der Waals surface area contributed by atoms with Crippen molar-refractivity contribution in [3.05, 3.63) is 58.3 Å². The van der Waals surface area contributed by atoms with Crippen molar-refractivity contribution < 1.29 is 4.92 Å². The molecule has 2 heterocycles. The van der Waals surface area contributed by atoms with Crippen molar-refractivity contribution in [2.24, 2.45) is 5.73 Å². The fraction of sp³-hybridized carbons (Fsp3) is 0.188. The first kappa shape index (κ1) is 14.2. The number of nitro groups is 1. The second-order valence-corrected chi connectivity index (χ2v) is 5.04. The van der Waals surface area contributed by atoms with E-state index < -0.39 is 4.92 Å². The fourth-order valence-corrected chi connectivity index (χ4v) is 2.60. The number of pyridine rings is 1. The van der Waals surface area contributed by atoms with Gasteiger partial charge in [0.25, 0.3) is 5.69 Å². The van der Waals surface area contributed by atoms with Crippen molar-refractivity contribution in [2.75, 3.05) is 0 Å². The SMILES string of the molecule is CCn1c(-c2ccc(CN)cc2)cc2cc([N+](=O)[O-])cnc21. The second kappa shape index (κ2) is 5.57. The van der Waals surface area contributed by atoms with Crippen molar-refractivity contribution in [1.82, 2.24) is 9.55 Å². The van der Waals surface area contributed by atoms with Crippen LogP contribution in [0, 0.1) is 10.1 Å². The number of benzene rings is 1. The summed E-state index contributed by atoms with van der Waals surface area (Å²) in [5.74, 6) is 0. The van der Waals surface area contributed by atoms with Crippen LogP contribution in [0.2, 0.25) is 0 Å². The quantitative estimate of drug-likeness (QED) is 0.592. The molecule has 0 spiro atoms. The third-order valence-electron chi connectivity index (χ3n) is 3.73. The molecule has 0 atom stereocenters. The summed E-state index contributed by atoms with van der Waals surface area (Å²) in [6.07, 6.45) is 1.30. The summed E-state index contributed by atoms with van der Waals surface area (Å²) in [6.45, 7) is 3.27. The number of nitrogens with two attached hydrogens (primary N) is 1. The lowest BCUT2D eigenvalue weighted by Crippen LogP contribution is -1.99. The largest absolute Gasteiger partial charge is 0.326 e. The summed E-state index contributed by atoms with van der Waals surface area (Å²) < 4.78 is 2.05. The van der Waals surface area contributed by atoms with Crippen LogP contribution in [-0.2, 0) is 13.1 Å². The number of hydrogen-bond donors (Lipinski definition) is 1. The molecule has 0 radical (unpaired) electrons. The van der Waals surface area contributed by atoms with Gasteiger partial charge in [-0.1, -0.05) is 24.3 Å². The lowest BCUT2D eigenvalue weighted by Gasteiger charge is -2.08. The number of hydrogen-bond acceptors (Lipinski definition) is 4. The summed E-state index contributed by atoms with van der Waals surface area (Å²) in [7, 11) is 0. The Morgan fingerprint density at radius 1 is 1.27 bits per heavy atom. The highest BCUT2D eigenvalue weighted by atomic mass is 16.6. The average Bonchev–Trinajstić information content (AvgIpc) is 2.92. The highest BCUT2D eigenvalue weighted by Crippen LogP contribution is 2.29. The van der Waals surface area contributed by atoms with Crippen molar-refractivity contribution >= 4 is 16.7 Å². The number of rotatable bonds is 4. The molecule has 1 aromatic carbocycles. The van der Waals surface area contributed by atoms with Crippen molar-refractivity contribution in [1.29, 1.82) is 0 Å². The molecule has 3 aromatic rings. The molecule has 22 heavy (non-hydrogen) atoms. The Morgan fingerprint density at radius 3 is 2.59 bits per heavy atom. The van der Waals surface area contributed by atoms with Crippen LogP contribution in [0.1, 0.15) is 12.5 Å². The molecule has 0 fully saturated rings. The maximum atomic E-state index is 10.9. The highest BCUT2D eigenvalue weighted by molar-refractivity contribution is 5.85. The van der Waals surface area contributed by atoms with Crippen LogP contribution in [0.15, 0.2) is 42.6 Å². The van der Waals surface area contributed by atoms with Gasteiger partial charge in [-0.2, -0.15) is 0 Å². The van der Waals surface area contributed by atoms with Crippen molar-refractivity contribution in [3.63, 3.8) is 0 Å². The first-order valence-electron chi connectivity index (χ1n) is 7.07. The standard InChI is InChI=1S/C16H16N4O2/c1-2-19-15(12-5-3-11(9-17)4-6-12)8-13-7-14(20(21)22)10-18-16(13)19/h3-8,10H,2,9,17H2,1H3. The maximum absolute atomic E-state index is 10.9. The smallest absolute Gasteiger partial charge is 0.288 e. The Hall–Kier alpha value is -2.73. The monoisotopic (exact) mass is 296 g/mol. The van der Waals surface area contributed by atoms with Gasteiger partial charge in [-0.05, 0) is 24.1 Å². The van der Waals surface area contributed by atoms with Crippen molar-refractivity contribution in [3.8, 4) is 11.3 Å². The first-order valence-corrected chi connectivity index (χ1v) is 7.07. The van der Waals surface area contributed by atoms with Gasteiger partial charge in [0.2, 0.25) is 0 Å². The van der Waals surface area contributed by atoms with E-state index in [4.69, 9.17) is 5.73 Å². The van der Waals surface area contributed by atoms with Gasteiger partial charge < -0.3 is 10.3 Å². The zero-order chi connectivity index (χ0) is 15.7. The molecule has 2 N–H and O–H groups in total. The van der Waals surface area contributed by atoms with E-state index in [1.54, 1.807) is 6.07 Å². The number of aromatic nitrogens is 2. The summed E-state index contributed by atoms with van der Waals surface area (Å²) in [6, 6.07) is 11.5. The molecule has 0 aliphatic rings. The van der Waals surface area contributed by atoms with Gasteiger partial charge in [-0.25, -0.2) is 4.98 Å². The molecule has 0 bridgehead atoms. The fourth-order valence-electron chi connectivity index (χ4n) is 2.60. The van der Waals surface area contributed by atoms with Crippen LogP contribution < -0.4 is 5.73 Å². The minimum absolute atomic E-state index is 0.00535. The summed E-state index contributed by atoms with van der Waals surface area (Å²) in [4.78, 5) is 14.7. The molecule has 6 heteroatoms. The van der Waals surface area contributed by atoms with Crippen LogP contribution in [-0.4, -0.2) is 14.5 Å². The molecular weight excluding hydrogens is 280 g/mol. The van der Waals surface area contributed by atoms with Gasteiger partial charge in [0.15, 0.2) is 0 Å². The van der Waals surface area contributed by atoms with Crippen LogP contribution in [0.5, 0.6) is 0 Å². The Morgan fingerprint density at radius 2 is 2.00 bits per heavy atom. The third kappa shape index (κ3) is 2.33. The molecule has 0 saturated carbocycles. The van der Waals surface area contributed by atoms with E-state index in [2.05, 4.69) is 9.55 Å². The lowest BCUT2D eigenvalue weighted by molar-refractivity contribution is -0.385. The van der Waals surface area contributed by atoms with Gasteiger partial charge in [0.05, 0.1) is 10.6 Å². The molecule has 112 valence electrons. The van der Waals surface area contributed by atoms with E-state index in [9.17, 15) is 10.1 Å². The molecular formula is C16H16N4O2. The molecule has 0 unspecified atom stereocenters. The molecule has 6 nitrogen and oxygen atoms in total. The van der Waals surface area contributed by atoms with E-state index in [1.807, 2.05) is 37.3 Å². The Balaban J connectivity index is 2.17. The first-order chi connectivity index (χ1) is 10.6. The molecule has 2 aromatic heterocycles. The second-order valence-electron chi connectivity index (χ2n) is 5.04. The average molecular weight is 296 g/mol. The summed E-state index contributed by atoms with van der Waals surface area (Å²) >= 11 is 0. The molecule has 0 aliphatic heterocycles. The van der Waals surface area contributed by atoms with Gasteiger partial charge in [0, 0.05) is 24.5 Å². The predicted octanol–water partition coefficient (Wildman–Crippen LogP) is 3.09. The van der Waals surface area contributed by atoms with Crippen LogP contribution >= 0.6 is 0 Å². The topological polar surface area (TPSA) is 87.0 Å². The number of fused-ring (bicyclic) bond motifs is 1. The molecule has 0 amide bonds. The van der Waals surface area contributed by atoms with Crippen LogP contribution in [0.4, 0.5) is 5.69 Å². The Kier molecular flexibility index (Phi) is 3.60. The van der Waals surface area contributed by atoms with Gasteiger partial charge in [-0.15, -0.1) is 0 Å². The number of aryl methyl sites for hydroxylation is 1. The van der Waals surface area contributed by atoms with Gasteiger partial charge in [0.1, 0.15) is 11.8 Å². The van der Waals surface area contributed by atoms with Gasteiger partial charge in [-0.3, -0.25) is 10.1 Å². The zero-order valence-corrected chi connectivity index (χ0v) is 12.2. The minimum Gasteiger partial charge on any atom is -0.326 e. The van der Waals surface area contributed by atoms with Crippen LogP contribution in [0.25, 0.3) is 22.3 Å². The van der Waals surface area contributed by atoms with E-state index in [0.29, 0.717) is 6.54 Å². The van der Waals surface area contributed by atoms with E-state index >= 15 is 0 Å². The van der Waals surface area contributed by atoms with E-state index in [1.165, 1.54) is 6.20 Å².